The van der Waals surface area contributed by atoms with Gasteiger partial charge >= 0.3 is 12.2 Å². The van der Waals surface area contributed by atoms with Crippen LogP contribution in [0.4, 0.5) is 29.3 Å². The van der Waals surface area contributed by atoms with Gasteiger partial charge in [0.05, 0.1) is 24.1 Å². The van der Waals surface area contributed by atoms with E-state index in [1.165, 1.54) is 55.8 Å². The molecular formula is C29H23ClF3N5O5. The molecule has 0 spiro atoms. The number of rotatable bonds is 8. The smallest absolute Gasteiger partial charge is 0.417 e. The molecule has 222 valence electrons. The quantitative estimate of drug-likeness (QED) is 0.175. The molecule has 4 N–H and O–H groups in total. The van der Waals surface area contributed by atoms with E-state index in [4.69, 9.17) is 21.1 Å². The molecule has 0 radical (unpaired) electrons. The summed E-state index contributed by atoms with van der Waals surface area (Å²) >= 11 is 5.60. The van der Waals surface area contributed by atoms with Gasteiger partial charge in [-0.3, -0.25) is 25.4 Å². The molecule has 0 saturated heterocycles. The highest BCUT2D eigenvalue weighted by molar-refractivity contribution is 6.31. The maximum absolute atomic E-state index is 13.1. The lowest BCUT2D eigenvalue weighted by Crippen LogP contribution is -2.42. The minimum absolute atomic E-state index is 0.0203. The summed E-state index contributed by atoms with van der Waals surface area (Å²) in [7, 11) is 1.49. The van der Waals surface area contributed by atoms with Crippen LogP contribution in [0.5, 0.6) is 17.2 Å². The normalized spacial score (nSPS) is 10.8. The second-order valence-corrected chi connectivity index (χ2v) is 9.17. The van der Waals surface area contributed by atoms with Crippen LogP contribution in [0.1, 0.15) is 21.6 Å². The van der Waals surface area contributed by atoms with Crippen LogP contribution >= 0.6 is 11.6 Å². The highest BCUT2D eigenvalue weighted by atomic mass is 35.5. The maximum Gasteiger partial charge on any atom is 0.417 e. The molecule has 14 heteroatoms. The molecule has 1 aromatic heterocycles. The van der Waals surface area contributed by atoms with E-state index in [9.17, 15) is 27.6 Å². The Morgan fingerprint density at radius 2 is 1.56 bits per heavy atom. The zero-order chi connectivity index (χ0) is 31.0. The number of aromatic nitrogens is 1. The number of ether oxygens (including phenoxy) is 2. The Bertz CT molecular complexity index is 1630. The summed E-state index contributed by atoms with van der Waals surface area (Å²) in [6, 6.07) is 18.2. The summed E-state index contributed by atoms with van der Waals surface area (Å²) in [5.74, 6) is 0.0195. The molecule has 4 aromatic rings. The zero-order valence-electron chi connectivity index (χ0n) is 22.3. The molecule has 0 unspecified atom stereocenters. The number of hydrogen-bond acceptors (Lipinski definition) is 6. The van der Waals surface area contributed by atoms with Crippen molar-refractivity contribution in [3.8, 4) is 17.2 Å². The first-order valence-electron chi connectivity index (χ1n) is 12.4. The van der Waals surface area contributed by atoms with Crippen LogP contribution in [-0.4, -0.2) is 29.9 Å². The topological polar surface area (TPSA) is 131 Å². The number of nitrogens with one attached hydrogen (secondary N) is 4. The SMILES string of the molecule is COc1ccccc1CC(=O)NNC(=O)c1cc(Oc2ccc(NC(=O)Nc3ccc(Cl)c(C(F)(F)F)c3)cc2)ccn1. The van der Waals surface area contributed by atoms with E-state index in [0.29, 0.717) is 22.7 Å². The van der Waals surface area contributed by atoms with E-state index in [0.717, 1.165) is 12.1 Å². The number of nitrogens with zero attached hydrogens (tertiary/aromatic N) is 1. The van der Waals surface area contributed by atoms with E-state index < -0.39 is 34.6 Å². The summed E-state index contributed by atoms with van der Waals surface area (Å²) in [5.41, 5.74) is 4.41. The van der Waals surface area contributed by atoms with Gasteiger partial charge in [0.2, 0.25) is 5.91 Å². The summed E-state index contributed by atoms with van der Waals surface area (Å²) in [6.45, 7) is 0. The van der Waals surface area contributed by atoms with Gasteiger partial charge in [-0.15, -0.1) is 0 Å². The van der Waals surface area contributed by atoms with E-state index in [1.807, 2.05) is 0 Å². The first kappa shape index (κ1) is 30.7. The molecular weight excluding hydrogens is 591 g/mol. The Labute approximate surface area is 248 Å². The molecule has 0 aliphatic rings. The van der Waals surface area contributed by atoms with Crippen LogP contribution in [0.2, 0.25) is 5.02 Å². The summed E-state index contributed by atoms with van der Waals surface area (Å²) < 4.78 is 50.1. The van der Waals surface area contributed by atoms with Gasteiger partial charge in [-0.05, 0) is 54.6 Å². The molecule has 43 heavy (non-hydrogen) atoms. The van der Waals surface area contributed by atoms with Gasteiger partial charge in [0, 0.05) is 29.2 Å². The number of alkyl halides is 3. The minimum atomic E-state index is -4.67. The number of halogens is 4. The van der Waals surface area contributed by atoms with Crippen molar-refractivity contribution in [2.75, 3.05) is 17.7 Å². The molecule has 0 aliphatic carbocycles. The van der Waals surface area contributed by atoms with Crippen molar-refractivity contribution in [3.63, 3.8) is 0 Å². The van der Waals surface area contributed by atoms with Gasteiger partial charge in [-0.2, -0.15) is 13.2 Å². The fourth-order valence-electron chi connectivity index (χ4n) is 3.71. The predicted octanol–water partition coefficient (Wildman–Crippen LogP) is 6.20. The van der Waals surface area contributed by atoms with Gasteiger partial charge in [0.1, 0.15) is 22.9 Å². The molecule has 4 amide bonds. The molecule has 10 nitrogen and oxygen atoms in total. The maximum atomic E-state index is 13.1. The number of benzene rings is 3. The third-order valence-corrected chi connectivity index (χ3v) is 6.03. The molecule has 1 heterocycles. The lowest BCUT2D eigenvalue weighted by Gasteiger charge is -2.13. The minimum Gasteiger partial charge on any atom is -0.496 e. The number of urea groups is 1. The van der Waals surface area contributed by atoms with Gasteiger partial charge in [-0.25, -0.2) is 4.79 Å². The van der Waals surface area contributed by atoms with Gasteiger partial charge in [-0.1, -0.05) is 29.8 Å². The average molecular weight is 614 g/mol. The number of carbonyl (C=O) groups is 3. The third-order valence-electron chi connectivity index (χ3n) is 5.70. The summed E-state index contributed by atoms with van der Waals surface area (Å²) in [4.78, 5) is 41.0. The number of amides is 4. The fourth-order valence-corrected chi connectivity index (χ4v) is 3.94. The largest absolute Gasteiger partial charge is 0.496 e. The van der Waals surface area contributed by atoms with Gasteiger partial charge in [0.15, 0.2) is 0 Å². The fraction of sp³-hybridized carbons (Fsp3) is 0.103. The second kappa shape index (κ2) is 13.6. The lowest BCUT2D eigenvalue weighted by molar-refractivity contribution is -0.137. The van der Waals surface area contributed by atoms with Crippen molar-refractivity contribution in [1.82, 2.24) is 15.8 Å². The van der Waals surface area contributed by atoms with Crippen molar-refractivity contribution in [2.45, 2.75) is 12.6 Å². The van der Waals surface area contributed by atoms with E-state index in [2.05, 4.69) is 26.5 Å². The molecule has 0 bridgehead atoms. The van der Waals surface area contributed by atoms with Crippen molar-refractivity contribution < 1.29 is 37.0 Å². The first-order chi connectivity index (χ1) is 20.5. The number of pyridine rings is 1. The summed E-state index contributed by atoms with van der Waals surface area (Å²) in [5, 5.41) is 4.33. The monoisotopic (exact) mass is 613 g/mol. The van der Waals surface area contributed by atoms with Crippen LogP contribution in [0, 0.1) is 0 Å². The van der Waals surface area contributed by atoms with E-state index >= 15 is 0 Å². The van der Waals surface area contributed by atoms with Crippen LogP contribution in [-0.2, 0) is 17.4 Å². The Hall–Kier alpha value is -5.30. The number of hydrazine groups is 1. The number of para-hydroxylation sites is 1. The number of hydrogen-bond donors (Lipinski definition) is 4. The Morgan fingerprint density at radius 3 is 2.28 bits per heavy atom. The van der Waals surface area contributed by atoms with Crippen molar-refractivity contribution >= 4 is 40.8 Å². The standard InChI is InChI=1S/C29H23ClF3N5O5/c1-42-25-5-3-2-4-17(25)14-26(39)37-38-27(40)24-16-21(12-13-34-24)43-20-9-6-18(7-10-20)35-28(41)36-19-8-11-23(30)22(15-19)29(31,32)33/h2-13,15-16H,14H2,1H3,(H,37,39)(H,38,40)(H2,35,36,41). The molecule has 0 saturated carbocycles. The first-order valence-corrected chi connectivity index (χ1v) is 12.8. The predicted molar refractivity (Wildman–Crippen MR) is 152 cm³/mol. The van der Waals surface area contributed by atoms with Gasteiger partial charge < -0.3 is 20.1 Å². The van der Waals surface area contributed by atoms with E-state index in [1.54, 1.807) is 24.3 Å². The molecule has 4 rings (SSSR count). The van der Waals surface area contributed by atoms with Gasteiger partial charge in [0.25, 0.3) is 5.91 Å². The highest BCUT2D eigenvalue weighted by Gasteiger charge is 2.33. The van der Waals surface area contributed by atoms with Crippen molar-refractivity contribution in [2.24, 2.45) is 0 Å². The van der Waals surface area contributed by atoms with Crippen LogP contribution in [0.15, 0.2) is 85.1 Å². The lowest BCUT2D eigenvalue weighted by atomic mass is 10.1. The number of carbonyl (C=O) groups excluding carboxylic acids is 3. The van der Waals surface area contributed by atoms with Crippen LogP contribution in [0.25, 0.3) is 0 Å². The van der Waals surface area contributed by atoms with E-state index in [-0.39, 0.29) is 23.6 Å². The highest BCUT2D eigenvalue weighted by Crippen LogP contribution is 2.36. The Morgan fingerprint density at radius 1 is 0.860 bits per heavy atom. The van der Waals surface area contributed by atoms with Crippen molar-refractivity contribution in [1.29, 1.82) is 0 Å². The molecule has 0 fully saturated rings. The third kappa shape index (κ3) is 8.60. The molecule has 3 aromatic carbocycles. The Kier molecular flexibility index (Phi) is 9.68. The summed E-state index contributed by atoms with van der Waals surface area (Å²) in [6.07, 6.45) is -3.34. The van der Waals surface area contributed by atoms with Crippen molar-refractivity contribution in [3.05, 3.63) is 107 Å². The number of anilines is 2. The Balaban J connectivity index is 1.29. The average Bonchev–Trinajstić information content (AvgIpc) is 2.98. The molecule has 0 aliphatic heterocycles. The zero-order valence-corrected chi connectivity index (χ0v) is 23.0. The molecule has 0 atom stereocenters. The van der Waals surface area contributed by atoms with Crippen LogP contribution < -0.4 is 31.0 Å². The number of methoxy groups -OCH3 is 1. The van der Waals surface area contributed by atoms with Crippen LogP contribution in [0.3, 0.4) is 0 Å². The second-order valence-electron chi connectivity index (χ2n) is 8.77.